The van der Waals surface area contributed by atoms with E-state index in [0.717, 1.165) is 31.8 Å². The average molecular weight is 302 g/mol. The molecule has 1 aliphatic heterocycles. The predicted molar refractivity (Wildman–Crippen MR) is 62.8 cm³/mol. The molecule has 1 saturated heterocycles. The standard InChI is InChI=1S/C11H19BrF3N/c1-2-3-9-4-6-16(7-5-9)8-10(12)11(13,14)15/h9-10H,2-8H2,1H3. The minimum atomic E-state index is -4.12. The summed E-state index contributed by atoms with van der Waals surface area (Å²) in [5, 5.41) is 0. The highest BCUT2D eigenvalue weighted by molar-refractivity contribution is 9.09. The lowest BCUT2D eigenvalue weighted by atomic mass is 9.92. The van der Waals surface area contributed by atoms with Crippen LogP contribution in [0.2, 0.25) is 0 Å². The van der Waals surface area contributed by atoms with Crippen LogP contribution >= 0.6 is 15.9 Å². The van der Waals surface area contributed by atoms with Gasteiger partial charge in [-0.2, -0.15) is 13.2 Å². The third-order valence-corrected chi connectivity index (χ3v) is 3.99. The fourth-order valence-electron chi connectivity index (χ4n) is 2.20. The molecule has 0 aliphatic carbocycles. The Morgan fingerprint density at radius 3 is 2.31 bits per heavy atom. The van der Waals surface area contributed by atoms with E-state index < -0.39 is 11.0 Å². The minimum Gasteiger partial charge on any atom is -0.302 e. The Morgan fingerprint density at radius 1 is 1.31 bits per heavy atom. The maximum Gasteiger partial charge on any atom is 0.402 e. The third kappa shape index (κ3) is 4.62. The van der Waals surface area contributed by atoms with Gasteiger partial charge in [-0.15, -0.1) is 0 Å². The molecule has 16 heavy (non-hydrogen) atoms. The molecule has 1 nitrogen and oxygen atoms in total. The molecule has 0 spiro atoms. The SMILES string of the molecule is CCCC1CCN(CC(Br)C(F)(F)F)CC1. The summed E-state index contributed by atoms with van der Waals surface area (Å²) in [6, 6.07) is 0. The van der Waals surface area contributed by atoms with Crippen molar-refractivity contribution >= 4 is 15.9 Å². The van der Waals surface area contributed by atoms with Gasteiger partial charge in [0.15, 0.2) is 0 Å². The van der Waals surface area contributed by atoms with Gasteiger partial charge < -0.3 is 4.90 Å². The van der Waals surface area contributed by atoms with E-state index >= 15 is 0 Å². The molecule has 0 bridgehead atoms. The Morgan fingerprint density at radius 2 is 1.88 bits per heavy atom. The van der Waals surface area contributed by atoms with Gasteiger partial charge in [-0.05, 0) is 31.8 Å². The number of hydrogen-bond acceptors (Lipinski definition) is 1. The first-order chi connectivity index (χ1) is 7.43. The number of alkyl halides is 4. The highest BCUT2D eigenvalue weighted by atomic mass is 79.9. The Labute approximate surface area is 104 Å². The molecule has 1 unspecified atom stereocenters. The van der Waals surface area contributed by atoms with Gasteiger partial charge in [0.05, 0.1) is 0 Å². The number of likely N-dealkylation sites (tertiary alicyclic amines) is 1. The van der Waals surface area contributed by atoms with Crippen molar-refractivity contribution in [3.05, 3.63) is 0 Å². The summed E-state index contributed by atoms with van der Waals surface area (Å²) in [5.41, 5.74) is 0. The second-order valence-electron chi connectivity index (χ2n) is 4.54. The van der Waals surface area contributed by atoms with Crippen LogP contribution in [0.3, 0.4) is 0 Å². The number of piperidine rings is 1. The van der Waals surface area contributed by atoms with E-state index in [2.05, 4.69) is 22.9 Å². The zero-order valence-corrected chi connectivity index (χ0v) is 11.1. The van der Waals surface area contributed by atoms with E-state index in [1.54, 1.807) is 0 Å². The Bertz CT molecular complexity index is 200. The highest BCUT2D eigenvalue weighted by Crippen LogP contribution is 2.29. The topological polar surface area (TPSA) is 3.24 Å². The molecule has 0 amide bonds. The summed E-state index contributed by atoms with van der Waals surface area (Å²) in [7, 11) is 0. The van der Waals surface area contributed by atoms with Crippen molar-refractivity contribution in [2.24, 2.45) is 5.92 Å². The highest BCUT2D eigenvalue weighted by Gasteiger charge is 2.38. The maximum atomic E-state index is 12.3. The first kappa shape index (κ1) is 14.3. The van der Waals surface area contributed by atoms with Crippen LogP contribution in [0.4, 0.5) is 13.2 Å². The normalized spacial score (nSPS) is 22.3. The van der Waals surface area contributed by atoms with Crippen molar-refractivity contribution in [3.63, 3.8) is 0 Å². The third-order valence-electron chi connectivity index (χ3n) is 3.18. The second kappa shape index (κ2) is 6.24. The van der Waals surface area contributed by atoms with E-state index in [1.807, 2.05) is 4.90 Å². The Kier molecular flexibility index (Phi) is 5.57. The van der Waals surface area contributed by atoms with Gasteiger partial charge in [0.25, 0.3) is 0 Å². The van der Waals surface area contributed by atoms with Crippen molar-refractivity contribution in [1.29, 1.82) is 0 Å². The number of rotatable bonds is 4. The molecule has 0 aromatic heterocycles. The smallest absolute Gasteiger partial charge is 0.302 e. The largest absolute Gasteiger partial charge is 0.402 e. The van der Waals surface area contributed by atoms with E-state index in [0.29, 0.717) is 0 Å². The first-order valence-corrected chi connectivity index (χ1v) is 6.78. The second-order valence-corrected chi connectivity index (χ2v) is 5.65. The van der Waals surface area contributed by atoms with Crippen LogP contribution in [-0.2, 0) is 0 Å². The van der Waals surface area contributed by atoms with Gasteiger partial charge in [0.2, 0.25) is 0 Å². The lowest BCUT2D eigenvalue weighted by Gasteiger charge is -2.33. The van der Waals surface area contributed by atoms with E-state index in [1.165, 1.54) is 12.8 Å². The van der Waals surface area contributed by atoms with Crippen LogP contribution in [0.25, 0.3) is 0 Å². The molecule has 0 N–H and O–H groups in total. The molecule has 96 valence electrons. The monoisotopic (exact) mass is 301 g/mol. The van der Waals surface area contributed by atoms with Crippen molar-refractivity contribution in [3.8, 4) is 0 Å². The Hall–Kier alpha value is 0.230. The predicted octanol–water partition coefficient (Wildman–Crippen LogP) is 3.82. The van der Waals surface area contributed by atoms with Gasteiger partial charge in [0.1, 0.15) is 4.83 Å². The minimum absolute atomic E-state index is 0.0857. The van der Waals surface area contributed by atoms with Gasteiger partial charge in [-0.25, -0.2) is 0 Å². The van der Waals surface area contributed by atoms with E-state index in [4.69, 9.17) is 0 Å². The van der Waals surface area contributed by atoms with Crippen molar-refractivity contribution in [2.45, 2.75) is 43.6 Å². The molecule has 1 rings (SSSR count). The lowest BCUT2D eigenvalue weighted by molar-refractivity contribution is -0.131. The number of nitrogens with zero attached hydrogens (tertiary/aromatic N) is 1. The average Bonchev–Trinajstić information content (AvgIpc) is 2.20. The Balaban J connectivity index is 2.27. The zero-order chi connectivity index (χ0) is 12.2. The fourth-order valence-corrected chi connectivity index (χ4v) is 2.61. The molecule has 0 radical (unpaired) electrons. The van der Waals surface area contributed by atoms with Gasteiger partial charge in [0, 0.05) is 6.54 Å². The molecule has 1 aliphatic rings. The van der Waals surface area contributed by atoms with Crippen LogP contribution in [0.15, 0.2) is 0 Å². The summed E-state index contributed by atoms with van der Waals surface area (Å²) in [6.07, 6.45) is 0.357. The molecule has 1 fully saturated rings. The van der Waals surface area contributed by atoms with Crippen LogP contribution in [0, 0.1) is 5.92 Å². The summed E-state index contributed by atoms with van der Waals surface area (Å²) in [4.78, 5) is 0.529. The number of hydrogen-bond donors (Lipinski definition) is 0. The summed E-state index contributed by atoms with van der Waals surface area (Å²) in [6.45, 7) is 3.86. The summed E-state index contributed by atoms with van der Waals surface area (Å²) < 4.78 is 37.0. The number of halogens is 4. The first-order valence-electron chi connectivity index (χ1n) is 5.86. The van der Waals surface area contributed by atoms with E-state index in [9.17, 15) is 13.2 Å². The molecule has 0 aromatic rings. The van der Waals surface area contributed by atoms with Crippen molar-refractivity contribution in [2.75, 3.05) is 19.6 Å². The summed E-state index contributed by atoms with van der Waals surface area (Å²) in [5.74, 6) is 0.723. The van der Waals surface area contributed by atoms with Crippen LogP contribution in [-0.4, -0.2) is 35.5 Å². The van der Waals surface area contributed by atoms with E-state index in [-0.39, 0.29) is 6.54 Å². The van der Waals surface area contributed by atoms with Crippen molar-refractivity contribution < 1.29 is 13.2 Å². The van der Waals surface area contributed by atoms with Crippen LogP contribution in [0.1, 0.15) is 32.6 Å². The summed E-state index contributed by atoms with van der Waals surface area (Å²) >= 11 is 2.71. The quantitative estimate of drug-likeness (QED) is 0.714. The molecule has 0 aromatic carbocycles. The van der Waals surface area contributed by atoms with Crippen LogP contribution < -0.4 is 0 Å². The van der Waals surface area contributed by atoms with Crippen molar-refractivity contribution in [1.82, 2.24) is 4.90 Å². The van der Waals surface area contributed by atoms with Gasteiger partial charge in [-0.3, -0.25) is 0 Å². The van der Waals surface area contributed by atoms with Crippen LogP contribution in [0.5, 0.6) is 0 Å². The fraction of sp³-hybridized carbons (Fsp3) is 1.00. The maximum absolute atomic E-state index is 12.3. The zero-order valence-electron chi connectivity index (χ0n) is 9.56. The molecular weight excluding hydrogens is 283 g/mol. The molecule has 5 heteroatoms. The molecule has 0 saturated carbocycles. The molecule has 1 atom stereocenters. The van der Waals surface area contributed by atoms with Gasteiger partial charge in [-0.1, -0.05) is 35.7 Å². The lowest BCUT2D eigenvalue weighted by Crippen LogP contribution is -2.41. The molecule has 1 heterocycles. The van der Waals surface area contributed by atoms with Gasteiger partial charge >= 0.3 is 6.18 Å². The molecular formula is C11H19BrF3N.